The standard InChI is InChI=1S/C19H24N6O7S/c1-12-4-2-3-5-15(12)33(31,32)25-19(30)22-10-17(27)21-7-6-16(26)24-14(18(28)29)8-13-9-20-11-23-13/h2-5,9,11,14H,6-8,10H2,1H3,(H,20,23)(H,21,27)(H,24,26)(H,28,29)(H2,22,25,30). The van der Waals surface area contributed by atoms with Crippen LogP contribution in [-0.4, -0.2) is 66.4 Å². The van der Waals surface area contributed by atoms with Gasteiger partial charge in [0.1, 0.15) is 6.04 Å². The highest BCUT2D eigenvalue weighted by Gasteiger charge is 2.21. The fraction of sp³-hybridized carbons (Fsp3) is 0.316. The Morgan fingerprint density at radius 3 is 2.48 bits per heavy atom. The summed E-state index contributed by atoms with van der Waals surface area (Å²) in [6.45, 7) is 0.923. The molecule has 0 aliphatic rings. The van der Waals surface area contributed by atoms with Crippen molar-refractivity contribution in [1.29, 1.82) is 0 Å². The van der Waals surface area contributed by atoms with Crippen LogP contribution < -0.4 is 20.7 Å². The normalized spacial score (nSPS) is 11.8. The van der Waals surface area contributed by atoms with Gasteiger partial charge in [0.05, 0.1) is 17.8 Å². The second-order valence-corrected chi connectivity index (χ2v) is 8.54. The molecule has 2 rings (SSSR count). The number of rotatable bonds is 11. The predicted octanol–water partition coefficient (Wildman–Crippen LogP) is -0.976. The molecule has 1 aromatic carbocycles. The molecule has 178 valence electrons. The van der Waals surface area contributed by atoms with Gasteiger partial charge in [0.2, 0.25) is 11.8 Å². The van der Waals surface area contributed by atoms with E-state index in [2.05, 4.69) is 25.9 Å². The molecule has 1 aromatic heterocycles. The predicted molar refractivity (Wildman–Crippen MR) is 114 cm³/mol. The third-order valence-electron chi connectivity index (χ3n) is 4.31. The number of amides is 4. The van der Waals surface area contributed by atoms with Crippen molar-refractivity contribution in [3.63, 3.8) is 0 Å². The van der Waals surface area contributed by atoms with Gasteiger partial charge in [0.25, 0.3) is 10.0 Å². The van der Waals surface area contributed by atoms with Crippen LogP contribution in [0.15, 0.2) is 41.7 Å². The number of nitrogens with zero attached hydrogens (tertiary/aromatic N) is 1. The molecule has 0 aliphatic heterocycles. The summed E-state index contributed by atoms with van der Waals surface area (Å²) in [6, 6.07) is 3.82. The van der Waals surface area contributed by atoms with Crippen molar-refractivity contribution in [2.75, 3.05) is 13.1 Å². The van der Waals surface area contributed by atoms with E-state index in [0.717, 1.165) is 0 Å². The monoisotopic (exact) mass is 480 g/mol. The molecule has 0 saturated carbocycles. The number of aromatic amines is 1. The van der Waals surface area contributed by atoms with Crippen LogP contribution in [-0.2, 0) is 30.8 Å². The summed E-state index contributed by atoms with van der Waals surface area (Å²) < 4.78 is 26.3. The summed E-state index contributed by atoms with van der Waals surface area (Å²) in [4.78, 5) is 53.4. The van der Waals surface area contributed by atoms with Crippen LogP contribution in [0.4, 0.5) is 4.79 Å². The van der Waals surface area contributed by atoms with Gasteiger partial charge in [-0.25, -0.2) is 27.7 Å². The number of aromatic nitrogens is 2. The SMILES string of the molecule is Cc1ccccc1S(=O)(=O)NC(=O)NCC(=O)NCCC(=O)NC(Cc1cnc[nH]1)C(=O)O. The van der Waals surface area contributed by atoms with Gasteiger partial charge >= 0.3 is 12.0 Å². The zero-order valence-electron chi connectivity index (χ0n) is 17.6. The van der Waals surface area contributed by atoms with Gasteiger partial charge in [0.15, 0.2) is 0 Å². The molecule has 33 heavy (non-hydrogen) atoms. The smallest absolute Gasteiger partial charge is 0.329 e. The molecule has 1 heterocycles. The number of hydrogen-bond acceptors (Lipinski definition) is 7. The molecule has 1 atom stereocenters. The van der Waals surface area contributed by atoms with Gasteiger partial charge < -0.3 is 26.0 Å². The Labute approximate surface area is 189 Å². The van der Waals surface area contributed by atoms with Gasteiger partial charge in [-0.1, -0.05) is 18.2 Å². The van der Waals surface area contributed by atoms with Gasteiger partial charge in [-0.2, -0.15) is 0 Å². The Kier molecular flexibility index (Phi) is 8.91. The first kappa shape index (κ1) is 25.3. The van der Waals surface area contributed by atoms with E-state index in [-0.39, 0.29) is 24.3 Å². The van der Waals surface area contributed by atoms with E-state index in [0.29, 0.717) is 11.3 Å². The van der Waals surface area contributed by atoms with Crippen molar-refractivity contribution in [3.8, 4) is 0 Å². The molecular formula is C19H24N6O7S. The minimum Gasteiger partial charge on any atom is -0.480 e. The number of aryl methyl sites for hydroxylation is 1. The molecule has 1 unspecified atom stereocenters. The van der Waals surface area contributed by atoms with E-state index < -0.39 is 46.4 Å². The van der Waals surface area contributed by atoms with Gasteiger partial charge in [-0.15, -0.1) is 0 Å². The summed E-state index contributed by atoms with van der Waals surface area (Å²) in [6.07, 6.45) is 2.64. The Morgan fingerprint density at radius 2 is 1.85 bits per heavy atom. The van der Waals surface area contributed by atoms with Crippen molar-refractivity contribution in [2.24, 2.45) is 0 Å². The lowest BCUT2D eigenvalue weighted by Gasteiger charge is -2.14. The summed E-state index contributed by atoms with van der Waals surface area (Å²) in [5.41, 5.74) is 0.980. The fourth-order valence-corrected chi connectivity index (χ4v) is 3.87. The average Bonchev–Trinajstić information content (AvgIpc) is 3.25. The number of carboxylic acids is 1. The van der Waals surface area contributed by atoms with Gasteiger partial charge in [0, 0.05) is 31.3 Å². The van der Waals surface area contributed by atoms with E-state index >= 15 is 0 Å². The number of carboxylic acid groups (broad SMARTS) is 1. The molecule has 0 radical (unpaired) electrons. The molecule has 14 heteroatoms. The average molecular weight is 481 g/mol. The lowest BCUT2D eigenvalue weighted by Crippen LogP contribution is -2.45. The molecule has 0 spiro atoms. The zero-order chi connectivity index (χ0) is 24.4. The topological polar surface area (TPSA) is 199 Å². The highest BCUT2D eigenvalue weighted by molar-refractivity contribution is 7.90. The first-order valence-corrected chi connectivity index (χ1v) is 11.2. The molecule has 0 bridgehead atoms. The Balaban J connectivity index is 1.71. The largest absolute Gasteiger partial charge is 0.480 e. The molecule has 2 aromatic rings. The number of hydrogen-bond donors (Lipinski definition) is 6. The Bertz CT molecular complexity index is 1100. The maximum atomic E-state index is 12.2. The maximum absolute atomic E-state index is 12.2. The second kappa shape index (κ2) is 11.6. The minimum atomic E-state index is -4.10. The van der Waals surface area contributed by atoms with E-state index in [1.165, 1.54) is 24.7 Å². The van der Waals surface area contributed by atoms with Crippen LogP contribution in [0.25, 0.3) is 0 Å². The second-order valence-electron chi connectivity index (χ2n) is 6.89. The number of benzene rings is 1. The van der Waals surface area contributed by atoms with Crippen molar-refractivity contribution in [3.05, 3.63) is 48.0 Å². The van der Waals surface area contributed by atoms with Crippen molar-refractivity contribution in [2.45, 2.75) is 30.7 Å². The number of H-pyrrole nitrogens is 1. The molecule has 0 saturated heterocycles. The minimum absolute atomic E-state index is 0.0118. The number of carbonyl (C=O) groups is 4. The molecule has 4 amide bonds. The summed E-state index contributed by atoms with van der Waals surface area (Å²) in [5, 5.41) is 16.0. The fourth-order valence-electron chi connectivity index (χ4n) is 2.69. The first-order chi connectivity index (χ1) is 15.6. The van der Waals surface area contributed by atoms with E-state index in [9.17, 15) is 32.7 Å². The highest BCUT2D eigenvalue weighted by atomic mass is 32.2. The number of nitrogens with one attached hydrogen (secondary N) is 5. The summed E-state index contributed by atoms with van der Waals surface area (Å²) >= 11 is 0. The Morgan fingerprint density at radius 1 is 1.12 bits per heavy atom. The van der Waals surface area contributed by atoms with Crippen LogP contribution in [0.1, 0.15) is 17.7 Å². The summed E-state index contributed by atoms with van der Waals surface area (Å²) in [7, 11) is -4.10. The van der Waals surface area contributed by atoms with Crippen LogP contribution in [0, 0.1) is 6.92 Å². The van der Waals surface area contributed by atoms with E-state index in [4.69, 9.17) is 0 Å². The van der Waals surface area contributed by atoms with Crippen LogP contribution in [0.2, 0.25) is 0 Å². The maximum Gasteiger partial charge on any atom is 0.329 e. The number of sulfonamides is 1. The molecule has 0 aliphatic carbocycles. The number of aliphatic carboxylic acids is 1. The molecule has 13 nitrogen and oxygen atoms in total. The Hall–Kier alpha value is -3.94. The summed E-state index contributed by atoms with van der Waals surface area (Å²) in [5.74, 6) is -2.49. The third-order valence-corrected chi connectivity index (χ3v) is 5.80. The zero-order valence-corrected chi connectivity index (χ0v) is 18.4. The van der Waals surface area contributed by atoms with Crippen molar-refractivity contribution in [1.82, 2.24) is 30.6 Å². The molecule has 6 N–H and O–H groups in total. The number of imidazole rings is 1. The number of carbonyl (C=O) groups excluding carboxylic acids is 3. The van der Waals surface area contributed by atoms with E-state index in [1.54, 1.807) is 19.1 Å². The lowest BCUT2D eigenvalue weighted by atomic mass is 10.1. The van der Waals surface area contributed by atoms with Gasteiger partial charge in [-0.3, -0.25) is 9.59 Å². The van der Waals surface area contributed by atoms with Crippen LogP contribution in [0.3, 0.4) is 0 Å². The van der Waals surface area contributed by atoms with Crippen LogP contribution in [0.5, 0.6) is 0 Å². The first-order valence-electron chi connectivity index (χ1n) is 9.71. The van der Waals surface area contributed by atoms with Crippen molar-refractivity contribution < 1.29 is 32.7 Å². The number of urea groups is 1. The highest BCUT2D eigenvalue weighted by Crippen LogP contribution is 2.13. The lowest BCUT2D eigenvalue weighted by molar-refractivity contribution is -0.141. The third kappa shape index (κ3) is 8.25. The molecular weight excluding hydrogens is 456 g/mol. The van der Waals surface area contributed by atoms with Crippen molar-refractivity contribution >= 4 is 33.8 Å². The van der Waals surface area contributed by atoms with Crippen LogP contribution >= 0.6 is 0 Å². The quantitative estimate of drug-likeness (QED) is 0.236. The van der Waals surface area contributed by atoms with Gasteiger partial charge in [-0.05, 0) is 18.6 Å². The molecule has 0 fully saturated rings. The van der Waals surface area contributed by atoms with E-state index in [1.807, 2.05) is 4.72 Å².